The third-order valence-electron chi connectivity index (χ3n) is 3.67. The summed E-state index contributed by atoms with van der Waals surface area (Å²) in [5.74, 6) is -9.28. The molecular formula is C16H21F5. The van der Waals surface area contributed by atoms with Gasteiger partial charge in [-0.1, -0.05) is 63.4 Å². The number of hydrogen-bond donors (Lipinski definition) is 0. The standard InChI is InChI=1S/C16H21F5/c1-3-5-12-14(17,11-4-2)16(20,21)15(18,19)13-9-7-6-8-10-13/h6-10H,3-5,11-12H2,1-2H3. The van der Waals surface area contributed by atoms with E-state index in [0.717, 1.165) is 12.1 Å². The van der Waals surface area contributed by atoms with Crippen LogP contribution in [0.4, 0.5) is 22.0 Å². The first-order valence-corrected chi connectivity index (χ1v) is 7.23. The summed E-state index contributed by atoms with van der Waals surface area (Å²) in [4.78, 5) is 0. The second-order valence-electron chi connectivity index (χ2n) is 5.33. The highest BCUT2D eigenvalue weighted by Crippen LogP contribution is 2.53. The average molecular weight is 308 g/mol. The van der Waals surface area contributed by atoms with Gasteiger partial charge in [0.1, 0.15) is 0 Å². The molecule has 0 aliphatic heterocycles. The van der Waals surface area contributed by atoms with Gasteiger partial charge in [0.2, 0.25) is 0 Å². The maximum atomic E-state index is 14.7. The highest BCUT2D eigenvalue weighted by atomic mass is 19.3. The first-order chi connectivity index (χ1) is 9.73. The van der Waals surface area contributed by atoms with Gasteiger partial charge in [-0.25, -0.2) is 4.39 Å². The minimum absolute atomic E-state index is 0.0840. The fraction of sp³-hybridized carbons (Fsp3) is 0.625. The first-order valence-electron chi connectivity index (χ1n) is 7.23. The molecule has 0 saturated carbocycles. The lowest BCUT2D eigenvalue weighted by Gasteiger charge is -2.38. The predicted octanol–water partition coefficient (Wildman–Crippen LogP) is 6.11. The van der Waals surface area contributed by atoms with Crippen LogP contribution >= 0.6 is 0 Å². The summed E-state index contributed by atoms with van der Waals surface area (Å²) in [6, 6.07) is 5.74. The lowest BCUT2D eigenvalue weighted by atomic mass is 9.82. The molecule has 0 N–H and O–H groups in total. The van der Waals surface area contributed by atoms with Crippen LogP contribution in [0.25, 0.3) is 0 Å². The zero-order chi connectivity index (χ0) is 16.1. The van der Waals surface area contributed by atoms with Crippen LogP contribution in [-0.4, -0.2) is 11.6 Å². The van der Waals surface area contributed by atoms with Gasteiger partial charge in [-0.05, 0) is 12.8 Å². The van der Waals surface area contributed by atoms with Gasteiger partial charge in [0.25, 0.3) is 0 Å². The van der Waals surface area contributed by atoms with E-state index in [4.69, 9.17) is 0 Å². The van der Waals surface area contributed by atoms with Crippen molar-refractivity contribution in [2.45, 2.75) is 63.5 Å². The van der Waals surface area contributed by atoms with E-state index in [0.29, 0.717) is 6.42 Å². The molecule has 1 atom stereocenters. The molecular weight excluding hydrogens is 287 g/mol. The smallest absolute Gasteiger partial charge is 0.237 e. The fourth-order valence-corrected chi connectivity index (χ4v) is 2.40. The van der Waals surface area contributed by atoms with Crippen LogP contribution in [0, 0.1) is 0 Å². The fourth-order valence-electron chi connectivity index (χ4n) is 2.40. The molecule has 1 aromatic carbocycles. The highest BCUT2D eigenvalue weighted by Gasteiger charge is 2.69. The van der Waals surface area contributed by atoms with Crippen molar-refractivity contribution in [1.82, 2.24) is 0 Å². The van der Waals surface area contributed by atoms with Crippen molar-refractivity contribution in [3.8, 4) is 0 Å². The van der Waals surface area contributed by atoms with Gasteiger partial charge in [0, 0.05) is 5.56 Å². The molecule has 0 nitrogen and oxygen atoms in total. The maximum Gasteiger partial charge on any atom is 0.347 e. The molecule has 0 heterocycles. The second-order valence-corrected chi connectivity index (χ2v) is 5.33. The van der Waals surface area contributed by atoms with E-state index in [1.54, 1.807) is 6.92 Å². The van der Waals surface area contributed by atoms with Crippen LogP contribution in [0.2, 0.25) is 0 Å². The number of rotatable bonds is 8. The lowest BCUT2D eigenvalue weighted by Crippen LogP contribution is -2.54. The van der Waals surface area contributed by atoms with Gasteiger partial charge in [0.05, 0.1) is 0 Å². The van der Waals surface area contributed by atoms with Crippen LogP contribution in [0.1, 0.15) is 51.5 Å². The summed E-state index contributed by atoms with van der Waals surface area (Å²) in [6.45, 7) is 3.22. The normalized spacial score (nSPS) is 15.8. The Kier molecular flexibility index (Phi) is 5.76. The average Bonchev–Trinajstić information content (AvgIpc) is 2.46. The SMILES string of the molecule is CCCCC(F)(CCC)C(F)(F)C(F)(F)c1ccccc1. The molecule has 0 fully saturated rings. The molecule has 0 aliphatic rings. The number of unbranched alkanes of at least 4 members (excludes halogenated alkanes) is 1. The Bertz CT molecular complexity index is 430. The van der Waals surface area contributed by atoms with Gasteiger partial charge in [-0.2, -0.15) is 17.6 Å². The molecule has 0 amide bonds. The number of hydrogen-bond acceptors (Lipinski definition) is 0. The quantitative estimate of drug-likeness (QED) is 0.508. The maximum absolute atomic E-state index is 14.7. The van der Waals surface area contributed by atoms with Crippen LogP contribution in [0.5, 0.6) is 0 Å². The van der Waals surface area contributed by atoms with Crippen molar-refractivity contribution in [2.75, 3.05) is 0 Å². The Morgan fingerprint density at radius 2 is 1.38 bits per heavy atom. The predicted molar refractivity (Wildman–Crippen MR) is 73.6 cm³/mol. The zero-order valence-corrected chi connectivity index (χ0v) is 12.3. The van der Waals surface area contributed by atoms with Gasteiger partial charge < -0.3 is 0 Å². The minimum Gasteiger partial charge on any atom is -0.237 e. The molecule has 0 bridgehead atoms. The summed E-state index contributed by atoms with van der Waals surface area (Å²) in [5, 5.41) is 0. The van der Waals surface area contributed by atoms with Crippen molar-refractivity contribution in [3.05, 3.63) is 35.9 Å². The summed E-state index contributed by atoms with van der Waals surface area (Å²) >= 11 is 0. The summed E-state index contributed by atoms with van der Waals surface area (Å²) < 4.78 is 71.7. The molecule has 120 valence electrons. The Labute approximate surface area is 122 Å². The molecule has 0 aromatic heterocycles. The molecule has 21 heavy (non-hydrogen) atoms. The highest BCUT2D eigenvalue weighted by molar-refractivity contribution is 5.24. The lowest BCUT2D eigenvalue weighted by molar-refractivity contribution is -0.282. The number of halogens is 5. The molecule has 0 aliphatic carbocycles. The molecule has 1 rings (SSSR count). The van der Waals surface area contributed by atoms with Crippen molar-refractivity contribution < 1.29 is 22.0 Å². The molecule has 0 saturated heterocycles. The third-order valence-corrected chi connectivity index (χ3v) is 3.67. The van der Waals surface area contributed by atoms with Crippen molar-refractivity contribution in [1.29, 1.82) is 0 Å². The van der Waals surface area contributed by atoms with E-state index < -0.39 is 35.9 Å². The van der Waals surface area contributed by atoms with Crippen LogP contribution in [0.3, 0.4) is 0 Å². The molecule has 1 aromatic rings. The molecule has 0 radical (unpaired) electrons. The first kappa shape index (κ1) is 17.9. The van der Waals surface area contributed by atoms with Crippen LogP contribution < -0.4 is 0 Å². The summed E-state index contributed by atoms with van der Waals surface area (Å²) in [6.07, 6.45) is -0.435. The topological polar surface area (TPSA) is 0 Å². The largest absolute Gasteiger partial charge is 0.347 e. The summed E-state index contributed by atoms with van der Waals surface area (Å²) in [7, 11) is 0. The van der Waals surface area contributed by atoms with Gasteiger partial charge in [-0.3, -0.25) is 0 Å². The number of alkyl halides is 5. The van der Waals surface area contributed by atoms with E-state index in [-0.39, 0.29) is 12.8 Å². The van der Waals surface area contributed by atoms with E-state index >= 15 is 0 Å². The Hall–Kier alpha value is -1.13. The second kappa shape index (κ2) is 6.75. The van der Waals surface area contributed by atoms with E-state index in [1.807, 2.05) is 0 Å². The van der Waals surface area contributed by atoms with Crippen LogP contribution in [-0.2, 0) is 5.92 Å². The number of benzene rings is 1. The third kappa shape index (κ3) is 3.38. The summed E-state index contributed by atoms with van der Waals surface area (Å²) in [5.41, 5.74) is -4.05. The Morgan fingerprint density at radius 3 is 1.86 bits per heavy atom. The van der Waals surface area contributed by atoms with E-state index in [1.165, 1.54) is 25.1 Å². The zero-order valence-electron chi connectivity index (χ0n) is 12.3. The molecule has 5 heteroatoms. The van der Waals surface area contributed by atoms with E-state index in [2.05, 4.69) is 0 Å². The van der Waals surface area contributed by atoms with Gasteiger partial charge in [-0.15, -0.1) is 0 Å². The van der Waals surface area contributed by atoms with E-state index in [9.17, 15) is 22.0 Å². The Morgan fingerprint density at radius 1 is 0.810 bits per heavy atom. The van der Waals surface area contributed by atoms with Gasteiger partial charge in [0.15, 0.2) is 5.67 Å². The van der Waals surface area contributed by atoms with Crippen molar-refractivity contribution in [2.24, 2.45) is 0 Å². The van der Waals surface area contributed by atoms with Crippen molar-refractivity contribution >= 4 is 0 Å². The monoisotopic (exact) mass is 308 g/mol. The van der Waals surface area contributed by atoms with Crippen molar-refractivity contribution in [3.63, 3.8) is 0 Å². The molecule has 1 unspecified atom stereocenters. The Balaban J connectivity index is 3.20. The minimum atomic E-state index is -4.74. The molecule has 0 spiro atoms. The van der Waals surface area contributed by atoms with Gasteiger partial charge >= 0.3 is 11.8 Å². The van der Waals surface area contributed by atoms with Crippen LogP contribution in [0.15, 0.2) is 30.3 Å².